The lowest BCUT2D eigenvalue weighted by Crippen LogP contribution is -2.16. The second-order valence-electron chi connectivity index (χ2n) is 12.5. The van der Waals surface area contributed by atoms with Gasteiger partial charge in [-0.05, 0) is 48.5 Å². The fourth-order valence-corrected chi connectivity index (χ4v) is 5.34. The zero-order valence-electron chi connectivity index (χ0n) is 33.8. The van der Waals surface area contributed by atoms with E-state index in [1.165, 1.54) is 94.4 Å². The van der Waals surface area contributed by atoms with E-state index in [4.69, 9.17) is 0 Å². The normalized spacial score (nSPS) is 10.2. The minimum Gasteiger partial charge on any atom is -0.269 e. The van der Waals surface area contributed by atoms with Crippen LogP contribution in [0, 0.1) is 0 Å². The molecule has 0 bridgehead atoms. The van der Waals surface area contributed by atoms with Gasteiger partial charge in [-0.25, -0.2) is 39.7 Å². The van der Waals surface area contributed by atoms with Crippen molar-refractivity contribution in [1.29, 1.82) is 0 Å². The predicted octanol–water partition coefficient (Wildman–Crippen LogP) is 0.537. The molecule has 12 aromatic rings. The molecular formula is C42H30N18O6. The summed E-state index contributed by atoms with van der Waals surface area (Å²) in [5, 5.41) is 11.1. The third-order valence-corrected chi connectivity index (χ3v) is 8.34. The maximum absolute atomic E-state index is 11.1. The fraction of sp³-hybridized carbons (Fsp3) is 0. The van der Waals surface area contributed by atoms with Crippen LogP contribution in [0.1, 0.15) is 0 Å². The lowest BCUT2D eigenvalue weighted by atomic mass is 10.5. The Morgan fingerprint density at radius 1 is 0.364 bits per heavy atom. The van der Waals surface area contributed by atoms with Crippen molar-refractivity contribution in [2.45, 2.75) is 0 Å². The summed E-state index contributed by atoms with van der Waals surface area (Å²) in [4.78, 5) is 101. The second kappa shape index (κ2) is 21.5. The van der Waals surface area contributed by atoms with Crippen LogP contribution in [0.3, 0.4) is 0 Å². The van der Waals surface area contributed by atoms with E-state index >= 15 is 0 Å². The summed E-state index contributed by atoms with van der Waals surface area (Å²) in [7, 11) is 0. The average Bonchev–Trinajstić information content (AvgIpc) is 3.36. The molecule has 324 valence electrons. The predicted molar refractivity (Wildman–Crippen MR) is 236 cm³/mol. The summed E-state index contributed by atoms with van der Waals surface area (Å²) < 4.78 is 8.29. The highest BCUT2D eigenvalue weighted by atomic mass is 16.2. The Kier molecular flexibility index (Phi) is 14.3. The van der Waals surface area contributed by atoms with Crippen LogP contribution < -0.4 is 33.5 Å². The van der Waals surface area contributed by atoms with Crippen LogP contribution in [0.5, 0.6) is 0 Å². The van der Waals surface area contributed by atoms with Crippen LogP contribution in [0.15, 0.2) is 213 Å². The van der Waals surface area contributed by atoms with Crippen molar-refractivity contribution in [3.63, 3.8) is 0 Å². The molecule has 0 saturated heterocycles. The molecule has 12 aromatic heterocycles. The standard InChI is InChI=1S/6C7H5N3O/c11-7-2-4-9-6-1-3-8-5-10(6)7;11-6-2-4-9-7-8-3-1-5-10(6)7;11-7-1-2-9-6-5-8-3-4-10(6)7;11-7-3-5-8-6-2-1-4-9-10(6)7;11-7-9-5-8-6-3-1-2-4-10(6)7;11-7-5-8-9-6-3-1-2-4-10(6)7/h6*1-5H. The second-order valence-corrected chi connectivity index (χ2v) is 12.5. The van der Waals surface area contributed by atoms with Gasteiger partial charge in [0.25, 0.3) is 27.8 Å². The molecule has 0 saturated carbocycles. The molecule has 0 aromatic carbocycles. The van der Waals surface area contributed by atoms with Crippen LogP contribution >= 0.6 is 0 Å². The molecular weight excluding hydrogens is 853 g/mol. The molecule has 0 spiro atoms. The number of nitrogens with zero attached hydrogens (tertiary/aromatic N) is 18. The molecule has 0 radical (unpaired) electrons. The SMILES string of the molecule is O=c1ccnc2cccnn12.O=c1ccnc2ccncn12.O=c1ccnc2cnccn12.O=c1ccnc2ncccn12.O=c1cnnc2ccccn12.O=c1ncnc2ccccn12. The van der Waals surface area contributed by atoms with Crippen LogP contribution in [-0.4, -0.2) is 86.7 Å². The molecule has 0 amide bonds. The molecule has 12 heterocycles. The zero-order chi connectivity index (χ0) is 46.1. The Balaban J connectivity index is 0.000000118. The van der Waals surface area contributed by atoms with E-state index < -0.39 is 0 Å². The summed E-state index contributed by atoms with van der Waals surface area (Å²) >= 11 is 0. The molecule has 24 heteroatoms. The molecule has 0 unspecified atom stereocenters. The van der Waals surface area contributed by atoms with E-state index in [-0.39, 0.29) is 33.5 Å². The lowest BCUT2D eigenvalue weighted by Gasteiger charge is -1.94. The molecule has 12 rings (SSSR count). The minimum absolute atomic E-state index is 0.0857. The number of aromatic nitrogens is 18. The smallest absolute Gasteiger partial charge is 0.269 e. The topological polar surface area (TPSA) is 284 Å². The Morgan fingerprint density at radius 3 is 1.71 bits per heavy atom. The highest BCUT2D eigenvalue weighted by Gasteiger charge is 1.96. The van der Waals surface area contributed by atoms with Gasteiger partial charge in [0.2, 0.25) is 5.78 Å². The van der Waals surface area contributed by atoms with E-state index in [0.29, 0.717) is 34.0 Å². The quantitative estimate of drug-likeness (QED) is 0.201. The van der Waals surface area contributed by atoms with Crippen molar-refractivity contribution >= 4 is 34.0 Å². The number of fused-ring (bicyclic) bond motifs is 6. The molecule has 0 aliphatic heterocycles. The van der Waals surface area contributed by atoms with Crippen molar-refractivity contribution in [3.8, 4) is 0 Å². The van der Waals surface area contributed by atoms with E-state index in [1.807, 2.05) is 12.1 Å². The Hall–Kier alpha value is -10.3. The van der Waals surface area contributed by atoms with Gasteiger partial charge in [-0.2, -0.15) is 19.7 Å². The fourth-order valence-electron chi connectivity index (χ4n) is 5.34. The van der Waals surface area contributed by atoms with Gasteiger partial charge in [-0.3, -0.25) is 51.0 Å². The van der Waals surface area contributed by atoms with Gasteiger partial charge in [-0.1, -0.05) is 12.1 Å². The average molecular weight is 883 g/mol. The molecule has 0 N–H and O–H groups in total. The first-order chi connectivity index (χ1) is 32.3. The minimum atomic E-state index is -0.296. The Labute approximate surface area is 366 Å². The molecule has 24 nitrogen and oxygen atoms in total. The maximum Gasteiger partial charge on any atom is 0.354 e. The van der Waals surface area contributed by atoms with Crippen molar-refractivity contribution in [2.24, 2.45) is 0 Å². The summed E-state index contributed by atoms with van der Waals surface area (Å²) in [6, 6.07) is 23.1. The molecule has 0 atom stereocenters. The summed E-state index contributed by atoms with van der Waals surface area (Å²) in [6.07, 6.45) is 24.1. The van der Waals surface area contributed by atoms with Crippen LogP contribution in [0.2, 0.25) is 0 Å². The number of rotatable bonds is 0. The molecule has 0 fully saturated rings. The first kappa shape index (κ1) is 43.8. The van der Waals surface area contributed by atoms with Gasteiger partial charge in [-0.15, -0.1) is 5.10 Å². The van der Waals surface area contributed by atoms with Gasteiger partial charge >= 0.3 is 5.69 Å². The monoisotopic (exact) mass is 882 g/mol. The Morgan fingerprint density at radius 2 is 0.985 bits per heavy atom. The van der Waals surface area contributed by atoms with E-state index in [9.17, 15) is 28.8 Å². The van der Waals surface area contributed by atoms with Crippen molar-refractivity contribution in [3.05, 3.63) is 247 Å². The van der Waals surface area contributed by atoms with Gasteiger partial charge in [0.15, 0.2) is 16.9 Å². The molecule has 0 aliphatic rings. The third kappa shape index (κ3) is 11.2. The summed E-state index contributed by atoms with van der Waals surface area (Å²) in [5.41, 5.74) is 2.03. The van der Waals surface area contributed by atoms with Crippen molar-refractivity contribution in [2.75, 3.05) is 0 Å². The number of hydrogen-bond acceptors (Lipinski definition) is 18. The largest absolute Gasteiger partial charge is 0.354 e. The van der Waals surface area contributed by atoms with Gasteiger partial charge in [0, 0.05) is 98.6 Å². The number of pyridine rings is 2. The molecule has 0 aliphatic carbocycles. The van der Waals surface area contributed by atoms with Crippen LogP contribution in [0.25, 0.3) is 34.0 Å². The van der Waals surface area contributed by atoms with E-state index in [1.54, 1.807) is 104 Å². The van der Waals surface area contributed by atoms with E-state index in [2.05, 4.69) is 60.2 Å². The molecule has 66 heavy (non-hydrogen) atoms. The lowest BCUT2D eigenvalue weighted by molar-refractivity contribution is 0.866. The van der Waals surface area contributed by atoms with Crippen molar-refractivity contribution in [1.82, 2.24) is 86.7 Å². The van der Waals surface area contributed by atoms with Gasteiger partial charge in [0.1, 0.15) is 30.1 Å². The van der Waals surface area contributed by atoms with Gasteiger partial charge < -0.3 is 0 Å². The van der Waals surface area contributed by atoms with Gasteiger partial charge in [0.05, 0.1) is 6.20 Å². The first-order valence-corrected chi connectivity index (χ1v) is 19.0. The first-order valence-electron chi connectivity index (χ1n) is 19.0. The van der Waals surface area contributed by atoms with E-state index in [0.717, 1.165) is 0 Å². The highest BCUT2D eigenvalue weighted by Crippen LogP contribution is 1.94. The van der Waals surface area contributed by atoms with Crippen LogP contribution in [0.4, 0.5) is 0 Å². The van der Waals surface area contributed by atoms with Crippen LogP contribution in [-0.2, 0) is 0 Å². The maximum atomic E-state index is 11.1. The zero-order valence-corrected chi connectivity index (χ0v) is 33.8. The highest BCUT2D eigenvalue weighted by molar-refractivity contribution is 5.37. The third-order valence-electron chi connectivity index (χ3n) is 8.34. The Bertz CT molecular complexity index is 3240. The summed E-state index contributed by atoms with van der Waals surface area (Å²) in [5.74, 6) is 0.431. The number of hydrogen-bond donors (Lipinski definition) is 0. The summed E-state index contributed by atoms with van der Waals surface area (Å²) in [6.45, 7) is 0. The van der Waals surface area contributed by atoms with Crippen molar-refractivity contribution < 1.29 is 0 Å².